The van der Waals surface area contributed by atoms with Crippen molar-refractivity contribution in [2.45, 2.75) is 4.90 Å². The molecule has 0 radical (unpaired) electrons. The van der Waals surface area contributed by atoms with Gasteiger partial charge >= 0.3 is 0 Å². The summed E-state index contributed by atoms with van der Waals surface area (Å²) in [7, 11) is -2.41. The average molecular weight is 464 g/mol. The van der Waals surface area contributed by atoms with E-state index < -0.39 is 27.4 Å². The number of aromatic hydroxyl groups is 2. The molecule has 3 aromatic carbocycles. The van der Waals surface area contributed by atoms with E-state index in [4.69, 9.17) is 9.88 Å². The van der Waals surface area contributed by atoms with E-state index in [1.807, 2.05) is 0 Å². The highest BCUT2D eigenvalue weighted by atomic mass is 32.2. The first-order valence-corrected chi connectivity index (χ1v) is 11.3. The van der Waals surface area contributed by atoms with Crippen molar-refractivity contribution in [2.24, 2.45) is 5.14 Å². The van der Waals surface area contributed by atoms with Crippen molar-refractivity contribution in [2.75, 3.05) is 7.11 Å². The smallest absolute Gasteiger partial charge is 0.240 e. The SMILES string of the molecule is COc1ccc(C(=O)c2c(O)c(O)n(-c3ccc(S(N)(=O)=O)cc3)c2-c2ccccc2)cc1. The summed E-state index contributed by atoms with van der Waals surface area (Å²) in [5.74, 6) is -1.10. The second-order valence-corrected chi connectivity index (χ2v) is 8.76. The summed E-state index contributed by atoms with van der Waals surface area (Å²) in [5, 5.41) is 26.8. The van der Waals surface area contributed by atoms with E-state index in [-0.39, 0.29) is 21.7 Å². The summed E-state index contributed by atoms with van der Waals surface area (Å²) in [5.41, 5.74) is 1.31. The molecule has 8 nitrogen and oxygen atoms in total. The lowest BCUT2D eigenvalue weighted by atomic mass is 9.99. The highest BCUT2D eigenvalue weighted by Gasteiger charge is 2.30. The van der Waals surface area contributed by atoms with Gasteiger partial charge in [0.25, 0.3) is 0 Å². The summed E-state index contributed by atoms with van der Waals surface area (Å²) in [6.07, 6.45) is 0. The molecule has 4 aromatic rings. The first kappa shape index (κ1) is 22.1. The van der Waals surface area contributed by atoms with Crippen LogP contribution < -0.4 is 9.88 Å². The molecule has 0 aliphatic heterocycles. The van der Waals surface area contributed by atoms with Crippen molar-refractivity contribution in [1.29, 1.82) is 0 Å². The van der Waals surface area contributed by atoms with Gasteiger partial charge in [-0.3, -0.25) is 9.36 Å². The summed E-state index contributed by atoms with van der Waals surface area (Å²) in [4.78, 5) is 13.3. The number of primary sulfonamides is 1. The zero-order valence-corrected chi connectivity index (χ0v) is 18.3. The Balaban J connectivity index is 1.95. The second-order valence-electron chi connectivity index (χ2n) is 7.19. The number of nitrogens with two attached hydrogens (primary N) is 1. The van der Waals surface area contributed by atoms with Gasteiger partial charge < -0.3 is 14.9 Å². The monoisotopic (exact) mass is 464 g/mol. The number of benzene rings is 3. The topological polar surface area (TPSA) is 132 Å². The van der Waals surface area contributed by atoms with Gasteiger partial charge in [0.15, 0.2) is 11.5 Å². The van der Waals surface area contributed by atoms with E-state index in [1.54, 1.807) is 54.6 Å². The Morgan fingerprint density at radius 3 is 2.06 bits per heavy atom. The molecule has 1 aromatic heterocycles. The number of sulfonamides is 1. The molecule has 168 valence electrons. The van der Waals surface area contributed by atoms with E-state index in [0.717, 1.165) is 0 Å². The van der Waals surface area contributed by atoms with Crippen LogP contribution in [-0.2, 0) is 10.0 Å². The molecule has 0 amide bonds. The molecule has 0 unspecified atom stereocenters. The number of carbonyl (C=O) groups is 1. The Morgan fingerprint density at radius 1 is 0.909 bits per heavy atom. The molecule has 0 aliphatic carbocycles. The van der Waals surface area contributed by atoms with E-state index in [1.165, 1.54) is 35.9 Å². The first-order chi connectivity index (χ1) is 15.7. The maximum Gasteiger partial charge on any atom is 0.240 e. The van der Waals surface area contributed by atoms with E-state index in [9.17, 15) is 23.4 Å². The lowest BCUT2D eigenvalue weighted by molar-refractivity contribution is 0.103. The predicted octanol–water partition coefficient (Wildman–Crippen LogP) is 3.44. The van der Waals surface area contributed by atoms with Gasteiger partial charge in [-0.05, 0) is 54.1 Å². The first-order valence-electron chi connectivity index (χ1n) is 9.76. The van der Waals surface area contributed by atoms with Gasteiger partial charge in [0.05, 0.1) is 23.3 Å². The number of carbonyl (C=O) groups excluding carboxylic acids is 1. The fourth-order valence-corrected chi connectivity index (χ4v) is 4.07. The highest BCUT2D eigenvalue weighted by molar-refractivity contribution is 7.89. The number of ketones is 1. The third kappa shape index (κ3) is 4.07. The fourth-order valence-electron chi connectivity index (χ4n) is 3.56. The molecule has 0 saturated carbocycles. The van der Waals surface area contributed by atoms with Crippen LogP contribution in [0.2, 0.25) is 0 Å². The number of ether oxygens (including phenoxy) is 1. The van der Waals surface area contributed by atoms with Crippen LogP contribution in [0.5, 0.6) is 17.4 Å². The summed E-state index contributed by atoms with van der Waals surface area (Å²) < 4.78 is 29.6. The van der Waals surface area contributed by atoms with Crippen LogP contribution in [0.15, 0.2) is 83.8 Å². The predicted molar refractivity (Wildman–Crippen MR) is 122 cm³/mol. The Hall–Kier alpha value is -4.08. The van der Waals surface area contributed by atoms with Crippen molar-refractivity contribution in [3.63, 3.8) is 0 Å². The third-order valence-electron chi connectivity index (χ3n) is 5.17. The minimum atomic E-state index is -3.92. The molecule has 4 N–H and O–H groups in total. The summed E-state index contributed by atoms with van der Waals surface area (Å²) in [6, 6.07) is 20.5. The van der Waals surface area contributed by atoms with Gasteiger partial charge in [0.2, 0.25) is 15.9 Å². The molecule has 0 fully saturated rings. The van der Waals surface area contributed by atoms with Crippen LogP contribution in [0.3, 0.4) is 0 Å². The molecule has 0 atom stereocenters. The second kappa shape index (κ2) is 8.45. The van der Waals surface area contributed by atoms with Crippen molar-refractivity contribution in [3.05, 3.63) is 90.0 Å². The van der Waals surface area contributed by atoms with Gasteiger partial charge in [-0.2, -0.15) is 0 Å². The highest BCUT2D eigenvalue weighted by Crippen LogP contribution is 2.44. The number of aromatic nitrogens is 1. The minimum Gasteiger partial charge on any atom is -0.503 e. The molecule has 9 heteroatoms. The van der Waals surface area contributed by atoms with Crippen LogP contribution >= 0.6 is 0 Å². The largest absolute Gasteiger partial charge is 0.503 e. The van der Waals surface area contributed by atoms with Crippen LogP contribution in [0, 0.1) is 0 Å². The molecular weight excluding hydrogens is 444 g/mol. The van der Waals surface area contributed by atoms with Gasteiger partial charge in [0.1, 0.15) is 5.75 Å². The number of hydrogen-bond acceptors (Lipinski definition) is 6. The molecule has 4 rings (SSSR count). The molecule has 0 bridgehead atoms. The maximum atomic E-state index is 13.4. The summed E-state index contributed by atoms with van der Waals surface area (Å²) >= 11 is 0. The van der Waals surface area contributed by atoms with Crippen LogP contribution in [-0.4, -0.2) is 36.1 Å². The Bertz CT molecular complexity index is 1430. The van der Waals surface area contributed by atoms with Crippen molar-refractivity contribution >= 4 is 15.8 Å². The van der Waals surface area contributed by atoms with Crippen molar-refractivity contribution in [1.82, 2.24) is 4.57 Å². The minimum absolute atomic E-state index is 0.0978. The van der Waals surface area contributed by atoms with Gasteiger partial charge in [0, 0.05) is 11.3 Å². The fraction of sp³-hybridized carbons (Fsp3) is 0.0417. The van der Waals surface area contributed by atoms with Crippen LogP contribution in [0.4, 0.5) is 0 Å². The number of rotatable bonds is 6. The van der Waals surface area contributed by atoms with Crippen molar-refractivity contribution < 1.29 is 28.2 Å². The Labute approximate surface area is 190 Å². The molecular formula is C24H20N2O6S. The number of nitrogens with zero attached hydrogens (tertiary/aromatic N) is 1. The molecule has 33 heavy (non-hydrogen) atoms. The van der Waals surface area contributed by atoms with Gasteiger partial charge in [-0.1, -0.05) is 30.3 Å². The zero-order valence-electron chi connectivity index (χ0n) is 17.5. The molecule has 1 heterocycles. The summed E-state index contributed by atoms with van der Waals surface area (Å²) in [6.45, 7) is 0. The molecule has 0 saturated heterocycles. The standard InChI is InChI=1S/C24H20N2O6S/c1-32-18-11-7-16(8-12-18)22(27)20-21(15-5-3-2-4-6-15)26(24(29)23(20)28)17-9-13-19(14-10-17)33(25,30)31/h2-14,28-29H,1H3,(H2,25,30,31). The van der Waals surface area contributed by atoms with Crippen LogP contribution in [0.25, 0.3) is 16.9 Å². The zero-order chi connectivity index (χ0) is 23.8. The lowest BCUT2D eigenvalue weighted by Gasteiger charge is -2.12. The van der Waals surface area contributed by atoms with Gasteiger partial charge in [-0.15, -0.1) is 0 Å². The normalized spacial score (nSPS) is 11.3. The maximum absolute atomic E-state index is 13.4. The lowest BCUT2D eigenvalue weighted by Crippen LogP contribution is -2.12. The van der Waals surface area contributed by atoms with Crippen molar-refractivity contribution in [3.8, 4) is 34.3 Å². The average Bonchev–Trinajstić information content (AvgIpc) is 3.09. The van der Waals surface area contributed by atoms with Crippen LogP contribution in [0.1, 0.15) is 15.9 Å². The van der Waals surface area contributed by atoms with E-state index >= 15 is 0 Å². The molecule has 0 aliphatic rings. The molecule has 0 spiro atoms. The quantitative estimate of drug-likeness (QED) is 0.375. The number of methoxy groups -OCH3 is 1. The van der Waals surface area contributed by atoms with Gasteiger partial charge in [-0.25, -0.2) is 13.6 Å². The third-order valence-corrected chi connectivity index (χ3v) is 6.10. The Morgan fingerprint density at radius 2 is 1.52 bits per heavy atom. The Kier molecular flexibility index (Phi) is 5.67. The number of hydrogen-bond donors (Lipinski definition) is 3. The van der Waals surface area contributed by atoms with E-state index in [2.05, 4.69) is 0 Å². The van der Waals surface area contributed by atoms with E-state index in [0.29, 0.717) is 17.0 Å².